The number of aliphatic hydroxyl groups is 1. The third-order valence-corrected chi connectivity index (χ3v) is 1.23. The topological polar surface area (TPSA) is 29.5 Å². The van der Waals surface area contributed by atoms with E-state index < -0.39 is 0 Å². The molecule has 1 atom stereocenters. The molecule has 0 rings (SSSR count). The van der Waals surface area contributed by atoms with E-state index in [9.17, 15) is 0 Å². The van der Waals surface area contributed by atoms with Crippen LogP contribution in [0.15, 0.2) is 0 Å². The smallest absolute Gasteiger partial charge is 0.0824 e. The van der Waals surface area contributed by atoms with E-state index >= 15 is 0 Å². The molecular formula is C6H14O2. The molecule has 0 fully saturated rings. The molecule has 0 amide bonds. The molecular weight excluding hydrogens is 104 g/mol. The van der Waals surface area contributed by atoms with E-state index in [4.69, 9.17) is 9.84 Å². The minimum absolute atomic E-state index is 0.00926. The van der Waals surface area contributed by atoms with Gasteiger partial charge in [0.05, 0.1) is 12.7 Å². The molecule has 0 radical (unpaired) electrons. The number of hydrogen-bond donors (Lipinski definition) is 1. The van der Waals surface area contributed by atoms with Crippen LogP contribution in [0.5, 0.6) is 0 Å². The number of ether oxygens (including phenoxy) is 1. The zero-order chi connectivity index (χ0) is 6.57. The fourth-order valence-corrected chi connectivity index (χ4v) is 0.558. The Morgan fingerprint density at radius 2 is 2.00 bits per heavy atom. The Morgan fingerprint density at radius 3 is 2.00 bits per heavy atom. The van der Waals surface area contributed by atoms with Crippen molar-refractivity contribution in [2.75, 3.05) is 13.7 Å². The molecule has 0 spiro atoms. The summed E-state index contributed by atoms with van der Waals surface area (Å²) in [4.78, 5) is 0. The quantitative estimate of drug-likeness (QED) is 0.589. The highest BCUT2D eigenvalue weighted by molar-refractivity contribution is 4.57. The first kappa shape index (κ1) is 7.92. The lowest BCUT2D eigenvalue weighted by atomic mass is 10.1. The van der Waals surface area contributed by atoms with Gasteiger partial charge in [0.1, 0.15) is 0 Å². The van der Waals surface area contributed by atoms with E-state index in [0.717, 1.165) is 0 Å². The number of rotatable bonds is 3. The molecule has 2 heteroatoms. The van der Waals surface area contributed by atoms with E-state index in [1.807, 2.05) is 13.8 Å². The highest BCUT2D eigenvalue weighted by atomic mass is 16.5. The lowest BCUT2D eigenvalue weighted by molar-refractivity contribution is 0.0181. The molecule has 50 valence electrons. The maximum Gasteiger partial charge on any atom is 0.0824 e. The SMILES string of the molecule is CO[C@H](CO)C(C)C. The van der Waals surface area contributed by atoms with Crippen LogP contribution in [0.25, 0.3) is 0 Å². The van der Waals surface area contributed by atoms with E-state index in [1.165, 1.54) is 0 Å². The number of hydrogen-bond acceptors (Lipinski definition) is 2. The van der Waals surface area contributed by atoms with Gasteiger partial charge in [-0.3, -0.25) is 0 Å². The van der Waals surface area contributed by atoms with E-state index in [2.05, 4.69) is 0 Å². The third-order valence-electron chi connectivity index (χ3n) is 1.23. The van der Waals surface area contributed by atoms with Gasteiger partial charge in [-0.25, -0.2) is 0 Å². The lowest BCUT2D eigenvalue weighted by Crippen LogP contribution is -2.21. The van der Waals surface area contributed by atoms with Gasteiger partial charge in [0.15, 0.2) is 0 Å². The summed E-state index contributed by atoms with van der Waals surface area (Å²) in [5.41, 5.74) is 0. The second-order valence-electron chi connectivity index (χ2n) is 2.20. The van der Waals surface area contributed by atoms with Crippen LogP contribution in [0.4, 0.5) is 0 Å². The Morgan fingerprint density at radius 1 is 1.50 bits per heavy atom. The van der Waals surface area contributed by atoms with Gasteiger partial charge in [-0.1, -0.05) is 13.8 Å². The van der Waals surface area contributed by atoms with Gasteiger partial charge in [-0.05, 0) is 5.92 Å². The molecule has 0 unspecified atom stereocenters. The minimum Gasteiger partial charge on any atom is -0.394 e. The summed E-state index contributed by atoms with van der Waals surface area (Å²) < 4.78 is 4.91. The Kier molecular flexibility index (Phi) is 3.83. The number of methoxy groups -OCH3 is 1. The molecule has 8 heavy (non-hydrogen) atoms. The van der Waals surface area contributed by atoms with Gasteiger partial charge in [-0.15, -0.1) is 0 Å². The Labute approximate surface area is 50.5 Å². The fraction of sp³-hybridized carbons (Fsp3) is 1.00. The molecule has 0 aliphatic carbocycles. The second-order valence-corrected chi connectivity index (χ2v) is 2.20. The van der Waals surface area contributed by atoms with Crippen molar-refractivity contribution in [1.82, 2.24) is 0 Å². The van der Waals surface area contributed by atoms with Crippen molar-refractivity contribution in [3.63, 3.8) is 0 Å². The molecule has 0 saturated carbocycles. The third kappa shape index (κ3) is 2.28. The standard InChI is InChI=1S/C6H14O2/c1-5(2)6(4-7)8-3/h5-7H,4H2,1-3H3/t6-/m1/s1. The summed E-state index contributed by atoms with van der Waals surface area (Å²) in [6.45, 7) is 4.16. The maximum absolute atomic E-state index is 8.57. The Balaban J connectivity index is 3.35. The fourth-order valence-electron chi connectivity index (χ4n) is 0.558. The normalized spacial score (nSPS) is 14.6. The molecule has 0 aliphatic rings. The van der Waals surface area contributed by atoms with Crippen LogP contribution in [0.3, 0.4) is 0 Å². The van der Waals surface area contributed by atoms with Gasteiger partial charge in [0.25, 0.3) is 0 Å². The average Bonchev–Trinajstić information content (AvgIpc) is 1.69. The molecule has 1 N–H and O–H groups in total. The van der Waals surface area contributed by atoms with Crippen LogP contribution in [-0.4, -0.2) is 24.9 Å². The van der Waals surface area contributed by atoms with Crippen LogP contribution >= 0.6 is 0 Å². The van der Waals surface area contributed by atoms with E-state index in [0.29, 0.717) is 5.92 Å². The number of aliphatic hydroxyl groups excluding tert-OH is 1. The van der Waals surface area contributed by atoms with Crippen molar-refractivity contribution in [3.05, 3.63) is 0 Å². The molecule has 0 saturated heterocycles. The molecule has 2 nitrogen and oxygen atoms in total. The van der Waals surface area contributed by atoms with Crippen LogP contribution in [0, 0.1) is 5.92 Å². The van der Waals surface area contributed by atoms with E-state index in [1.54, 1.807) is 7.11 Å². The van der Waals surface area contributed by atoms with Gasteiger partial charge in [-0.2, -0.15) is 0 Å². The monoisotopic (exact) mass is 118 g/mol. The van der Waals surface area contributed by atoms with Crippen molar-refractivity contribution >= 4 is 0 Å². The van der Waals surface area contributed by atoms with Crippen molar-refractivity contribution in [2.45, 2.75) is 20.0 Å². The highest BCUT2D eigenvalue weighted by Gasteiger charge is 2.08. The van der Waals surface area contributed by atoms with Crippen molar-refractivity contribution in [3.8, 4) is 0 Å². The zero-order valence-electron chi connectivity index (χ0n) is 5.72. The van der Waals surface area contributed by atoms with Crippen molar-refractivity contribution in [2.24, 2.45) is 5.92 Å². The second kappa shape index (κ2) is 3.87. The minimum atomic E-state index is 0.00926. The van der Waals surface area contributed by atoms with Crippen LogP contribution in [0.2, 0.25) is 0 Å². The lowest BCUT2D eigenvalue weighted by Gasteiger charge is -2.14. The highest BCUT2D eigenvalue weighted by Crippen LogP contribution is 2.02. The summed E-state index contributed by atoms with van der Waals surface area (Å²) in [7, 11) is 1.61. The van der Waals surface area contributed by atoms with Gasteiger partial charge < -0.3 is 9.84 Å². The Hall–Kier alpha value is -0.0800. The van der Waals surface area contributed by atoms with Gasteiger partial charge in [0.2, 0.25) is 0 Å². The van der Waals surface area contributed by atoms with E-state index in [-0.39, 0.29) is 12.7 Å². The molecule has 0 bridgehead atoms. The average molecular weight is 118 g/mol. The molecule has 0 aliphatic heterocycles. The first-order valence-electron chi connectivity index (χ1n) is 2.86. The predicted octanol–water partition coefficient (Wildman–Crippen LogP) is 0.650. The van der Waals surface area contributed by atoms with Crippen molar-refractivity contribution < 1.29 is 9.84 Å². The first-order chi connectivity index (χ1) is 3.72. The molecule has 0 aromatic carbocycles. The molecule has 0 aromatic heterocycles. The molecule has 0 heterocycles. The zero-order valence-corrected chi connectivity index (χ0v) is 5.72. The maximum atomic E-state index is 8.57. The summed E-state index contributed by atoms with van der Waals surface area (Å²) in [5.74, 6) is 0.407. The summed E-state index contributed by atoms with van der Waals surface area (Å²) in [5, 5.41) is 8.57. The van der Waals surface area contributed by atoms with Crippen LogP contribution < -0.4 is 0 Å². The summed E-state index contributed by atoms with van der Waals surface area (Å²) in [6, 6.07) is 0. The van der Waals surface area contributed by atoms with Crippen molar-refractivity contribution in [1.29, 1.82) is 0 Å². The van der Waals surface area contributed by atoms with Crippen LogP contribution in [-0.2, 0) is 4.74 Å². The predicted molar refractivity (Wildman–Crippen MR) is 32.7 cm³/mol. The Bertz CT molecular complexity index is 48.5. The van der Waals surface area contributed by atoms with Crippen LogP contribution in [0.1, 0.15) is 13.8 Å². The molecule has 0 aromatic rings. The summed E-state index contributed by atoms with van der Waals surface area (Å²) in [6.07, 6.45) is 0.00926. The first-order valence-corrected chi connectivity index (χ1v) is 2.86. The largest absolute Gasteiger partial charge is 0.394 e. The van der Waals surface area contributed by atoms with Gasteiger partial charge >= 0.3 is 0 Å². The summed E-state index contributed by atoms with van der Waals surface area (Å²) >= 11 is 0. The van der Waals surface area contributed by atoms with Gasteiger partial charge in [0, 0.05) is 7.11 Å².